The Morgan fingerprint density at radius 3 is 2.49 bits per heavy atom. The molecule has 0 bridgehead atoms. The number of carbonyl (C=O) groups is 1. The zero-order valence-corrected chi connectivity index (χ0v) is 24.6. The number of pyridine rings is 1. The molecule has 2 aromatic carbocycles. The fraction of sp³-hybridized carbons (Fsp3) is 0.353. The average molecular weight is 549 g/mol. The predicted molar refractivity (Wildman–Crippen MR) is 159 cm³/mol. The molecule has 41 heavy (non-hydrogen) atoms. The van der Waals surface area contributed by atoms with Crippen molar-refractivity contribution in [1.82, 2.24) is 14.6 Å². The first kappa shape index (κ1) is 29.4. The van der Waals surface area contributed by atoms with Crippen molar-refractivity contribution in [2.45, 2.75) is 71.8 Å². The van der Waals surface area contributed by atoms with Crippen LogP contribution in [0.4, 0.5) is 0 Å². The van der Waals surface area contributed by atoms with Gasteiger partial charge in [-0.25, -0.2) is 9.50 Å². The van der Waals surface area contributed by atoms with E-state index in [9.17, 15) is 10.1 Å². The first-order chi connectivity index (χ1) is 19.7. The van der Waals surface area contributed by atoms with Gasteiger partial charge in [0.1, 0.15) is 12.4 Å². The number of fused-ring (bicyclic) bond motifs is 1. The summed E-state index contributed by atoms with van der Waals surface area (Å²) in [5.41, 5.74) is 4.69. The molecule has 0 saturated carbocycles. The zero-order valence-electron chi connectivity index (χ0n) is 24.6. The van der Waals surface area contributed by atoms with Crippen molar-refractivity contribution in [1.29, 1.82) is 5.26 Å². The molecule has 4 aromatic rings. The molecule has 2 aromatic heterocycles. The maximum absolute atomic E-state index is 12.0. The van der Waals surface area contributed by atoms with Crippen LogP contribution in [-0.2, 0) is 21.6 Å². The highest BCUT2D eigenvalue weighted by atomic mass is 16.5. The van der Waals surface area contributed by atoms with Gasteiger partial charge >= 0.3 is 5.97 Å². The molecule has 0 saturated heterocycles. The van der Waals surface area contributed by atoms with Gasteiger partial charge in [0.2, 0.25) is 0 Å². The summed E-state index contributed by atoms with van der Waals surface area (Å²) in [6, 6.07) is 20.1. The predicted octanol–water partition coefficient (Wildman–Crippen LogP) is 6.96. The second-order valence-corrected chi connectivity index (χ2v) is 10.8. The van der Waals surface area contributed by atoms with Crippen molar-refractivity contribution in [3.8, 4) is 34.8 Å². The second-order valence-electron chi connectivity index (χ2n) is 10.8. The van der Waals surface area contributed by atoms with Crippen molar-refractivity contribution in [2.24, 2.45) is 0 Å². The minimum absolute atomic E-state index is 0.164. The number of nitriles is 1. The average Bonchev–Trinajstić information content (AvgIpc) is 3.41. The van der Waals surface area contributed by atoms with Gasteiger partial charge in [-0.05, 0) is 62.6 Å². The smallest absolute Gasteiger partial charge is 0.307 e. The van der Waals surface area contributed by atoms with Crippen molar-refractivity contribution >= 4 is 11.6 Å². The molecule has 0 radical (unpaired) electrons. The van der Waals surface area contributed by atoms with Gasteiger partial charge in [-0.1, -0.05) is 56.2 Å². The number of hydrogen-bond acceptors (Lipinski definition) is 6. The fourth-order valence-corrected chi connectivity index (χ4v) is 4.68. The molecule has 0 spiro atoms. The Balaban J connectivity index is 1.65. The van der Waals surface area contributed by atoms with Crippen LogP contribution in [-0.4, -0.2) is 27.2 Å². The van der Waals surface area contributed by atoms with Crippen molar-refractivity contribution < 1.29 is 14.3 Å². The minimum Gasteiger partial charge on any atom is -0.489 e. The van der Waals surface area contributed by atoms with E-state index in [-0.39, 0.29) is 24.2 Å². The molecule has 2 heterocycles. The van der Waals surface area contributed by atoms with E-state index in [1.165, 1.54) is 0 Å². The van der Waals surface area contributed by atoms with Gasteiger partial charge in [0.05, 0.1) is 30.4 Å². The maximum atomic E-state index is 12.0. The lowest BCUT2D eigenvalue weighted by molar-refractivity contribution is -0.143. The normalized spacial score (nSPS) is 12.0. The Hall–Kier alpha value is -4.62. The SMILES string of the molecule is CC#CC(CC(=O)OCC)c1ccc(OCc2cc(-c3ccccc3C(C)(C)C#N)c3nc(C(C)C)nn3c2)cc1. The van der Waals surface area contributed by atoms with E-state index in [1.54, 1.807) is 13.8 Å². The second kappa shape index (κ2) is 12.7. The van der Waals surface area contributed by atoms with E-state index in [1.807, 2.05) is 73.1 Å². The standard InChI is InChI=1S/C34H36N4O3/c1-7-11-26(19-31(39)40-8-2)25-14-16-27(17-15-25)41-21-24-18-29(33-36-32(23(3)4)37-38(33)20-24)28-12-9-10-13-30(28)34(5,6)22-35/h9-10,12-18,20,23,26H,8,19,21H2,1-6H3. The zero-order chi connectivity index (χ0) is 29.6. The van der Waals surface area contributed by atoms with Gasteiger partial charge in [-0.15, -0.1) is 5.92 Å². The Kier molecular flexibility index (Phi) is 9.10. The van der Waals surface area contributed by atoms with Crippen molar-refractivity contribution in [2.75, 3.05) is 6.61 Å². The van der Waals surface area contributed by atoms with Gasteiger partial charge in [-0.3, -0.25) is 4.79 Å². The van der Waals surface area contributed by atoms with Crippen molar-refractivity contribution in [3.63, 3.8) is 0 Å². The highest BCUT2D eigenvalue weighted by Crippen LogP contribution is 2.35. The quantitative estimate of drug-likeness (QED) is 0.157. The summed E-state index contributed by atoms with van der Waals surface area (Å²) in [6.07, 6.45) is 2.15. The topological polar surface area (TPSA) is 89.5 Å². The summed E-state index contributed by atoms with van der Waals surface area (Å²) in [5.74, 6) is 7.13. The van der Waals surface area contributed by atoms with Gasteiger partial charge < -0.3 is 9.47 Å². The molecular weight excluding hydrogens is 512 g/mol. The van der Waals surface area contributed by atoms with Crippen LogP contribution in [0.15, 0.2) is 60.8 Å². The number of benzene rings is 2. The van der Waals surface area contributed by atoms with Crippen LogP contribution in [0.2, 0.25) is 0 Å². The van der Waals surface area contributed by atoms with Crippen LogP contribution >= 0.6 is 0 Å². The number of rotatable bonds is 10. The Morgan fingerprint density at radius 2 is 1.83 bits per heavy atom. The molecule has 7 heteroatoms. The number of hydrogen-bond donors (Lipinski definition) is 0. The monoisotopic (exact) mass is 548 g/mol. The Bertz CT molecular complexity index is 1630. The third-order valence-electron chi connectivity index (χ3n) is 6.88. The maximum Gasteiger partial charge on any atom is 0.307 e. The summed E-state index contributed by atoms with van der Waals surface area (Å²) < 4.78 is 13.1. The third-order valence-corrected chi connectivity index (χ3v) is 6.88. The van der Waals surface area contributed by atoms with Crippen LogP contribution in [0.25, 0.3) is 16.8 Å². The lowest BCUT2D eigenvalue weighted by Gasteiger charge is -2.21. The molecule has 1 unspecified atom stereocenters. The fourth-order valence-electron chi connectivity index (χ4n) is 4.68. The molecule has 0 aliphatic heterocycles. The molecule has 0 fully saturated rings. The van der Waals surface area contributed by atoms with Crippen LogP contribution in [0.3, 0.4) is 0 Å². The Morgan fingerprint density at radius 1 is 1.10 bits per heavy atom. The van der Waals surface area contributed by atoms with E-state index in [2.05, 4.69) is 37.8 Å². The summed E-state index contributed by atoms with van der Waals surface area (Å²) in [6.45, 7) is 12.2. The summed E-state index contributed by atoms with van der Waals surface area (Å²) in [5, 5.41) is 14.6. The van der Waals surface area contributed by atoms with Crippen molar-refractivity contribution in [3.05, 3.63) is 83.3 Å². The van der Waals surface area contributed by atoms with E-state index >= 15 is 0 Å². The van der Waals surface area contributed by atoms with Crippen LogP contribution in [0.1, 0.15) is 82.3 Å². The summed E-state index contributed by atoms with van der Waals surface area (Å²) >= 11 is 0. The molecule has 1 atom stereocenters. The molecule has 0 aliphatic carbocycles. The Labute approximate surface area is 242 Å². The number of nitrogens with zero attached hydrogens (tertiary/aromatic N) is 4. The third kappa shape index (κ3) is 6.76. The first-order valence-corrected chi connectivity index (χ1v) is 13.9. The van der Waals surface area contributed by atoms with E-state index in [4.69, 9.17) is 19.6 Å². The number of ether oxygens (including phenoxy) is 2. The van der Waals surface area contributed by atoms with E-state index in [0.29, 0.717) is 19.0 Å². The largest absolute Gasteiger partial charge is 0.489 e. The molecule has 210 valence electrons. The van der Waals surface area contributed by atoms with Gasteiger partial charge in [0.25, 0.3) is 0 Å². The van der Waals surface area contributed by atoms with E-state index in [0.717, 1.165) is 39.3 Å². The molecule has 0 N–H and O–H groups in total. The molecule has 7 nitrogen and oxygen atoms in total. The van der Waals surface area contributed by atoms with Gasteiger partial charge in [0.15, 0.2) is 11.5 Å². The van der Waals surface area contributed by atoms with Crippen LogP contribution < -0.4 is 4.74 Å². The van der Waals surface area contributed by atoms with Gasteiger partial charge in [0, 0.05) is 23.2 Å². The highest BCUT2D eigenvalue weighted by Gasteiger charge is 2.25. The molecular formula is C34H36N4O3. The summed E-state index contributed by atoms with van der Waals surface area (Å²) in [4.78, 5) is 16.9. The van der Waals surface area contributed by atoms with Crippen LogP contribution in [0, 0.1) is 23.2 Å². The lowest BCUT2D eigenvalue weighted by Crippen LogP contribution is -2.15. The first-order valence-electron chi connectivity index (χ1n) is 13.9. The van der Waals surface area contributed by atoms with Gasteiger partial charge in [-0.2, -0.15) is 10.4 Å². The molecule has 0 amide bonds. The number of aromatic nitrogens is 3. The minimum atomic E-state index is -0.685. The van der Waals surface area contributed by atoms with Crippen LogP contribution in [0.5, 0.6) is 5.75 Å². The highest BCUT2D eigenvalue weighted by molar-refractivity contribution is 5.81. The molecule has 4 rings (SSSR count). The van der Waals surface area contributed by atoms with E-state index < -0.39 is 5.41 Å². The lowest BCUT2D eigenvalue weighted by atomic mass is 9.81. The number of esters is 1. The number of carbonyl (C=O) groups excluding carboxylic acids is 1. The summed E-state index contributed by atoms with van der Waals surface area (Å²) in [7, 11) is 0. The molecule has 0 aliphatic rings.